The molecule has 2 aromatic rings. The van der Waals surface area contributed by atoms with Gasteiger partial charge >= 0.3 is 12.1 Å². The molecule has 0 radical (unpaired) electrons. The highest BCUT2D eigenvalue weighted by molar-refractivity contribution is 5.92. The van der Waals surface area contributed by atoms with E-state index >= 15 is 0 Å². The van der Waals surface area contributed by atoms with Crippen LogP contribution in [0.15, 0.2) is 36.4 Å². The number of hydrogen-bond donors (Lipinski definition) is 0. The Morgan fingerprint density at radius 2 is 1.45 bits per heavy atom. The van der Waals surface area contributed by atoms with E-state index in [1.165, 1.54) is 0 Å². The van der Waals surface area contributed by atoms with Crippen LogP contribution >= 0.6 is 0 Å². The number of benzene rings is 2. The Bertz CT molecular complexity index is 704. The van der Waals surface area contributed by atoms with Crippen LogP contribution in [0.1, 0.15) is 15.9 Å². The summed E-state index contributed by atoms with van der Waals surface area (Å²) >= 11 is 0. The van der Waals surface area contributed by atoms with E-state index in [4.69, 9.17) is 0 Å². The Kier molecular flexibility index (Phi) is 4.11. The van der Waals surface area contributed by atoms with Crippen LogP contribution in [0.5, 0.6) is 5.75 Å². The average Bonchev–Trinajstić information content (AvgIpc) is 2.36. The molecule has 2 nitrogen and oxygen atoms in total. The molecule has 0 atom stereocenters. The van der Waals surface area contributed by atoms with E-state index in [1.54, 1.807) is 0 Å². The van der Waals surface area contributed by atoms with E-state index in [-0.39, 0.29) is 6.07 Å². The van der Waals surface area contributed by atoms with Gasteiger partial charge in [0.2, 0.25) is 0 Å². The van der Waals surface area contributed by atoms with Crippen molar-refractivity contribution in [1.82, 2.24) is 0 Å². The molecule has 2 rings (SSSR count). The first-order valence-electron chi connectivity index (χ1n) is 5.72. The summed E-state index contributed by atoms with van der Waals surface area (Å²) in [4.78, 5) is 11.7. The number of rotatable bonds is 2. The molecule has 0 heterocycles. The lowest BCUT2D eigenvalue weighted by molar-refractivity contribution is -0.138. The first-order valence-corrected chi connectivity index (χ1v) is 5.72. The van der Waals surface area contributed by atoms with Gasteiger partial charge in [-0.15, -0.1) is 0 Å². The second-order valence-electron chi connectivity index (χ2n) is 4.18. The zero-order valence-electron chi connectivity index (χ0n) is 10.5. The molecule has 0 saturated heterocycles. The Balaban J connectivity index is 2.38. The van der Waals surface area contributed by atoms with Crippen LogP contribution in [0.25, 0.3) is 0 Å². The second kappa shape index (κ2) is 5.70. The van der Waals surface area contributed by atoms with Gasteiger partial charge < -0.3 is 4.74 Å². The molecule has 0 aliphatic heterocycles. The maximum absolute atomic E-state index is 12.9. The van der Waals surface area contributed by atoms with Crippen molar-refractivity contribution in [2.24, 2.45) is 0 Å². The van der Waals surface area contributed by atoms with Crippen LogP contribution in [-0.4, -0.2) is 5.97 Å². The Labute approximate surface area is 119 Å². The molecule has 0 N–H and O–H groups in total. The Hall–Kier alpha value is -2.51. The Morgan fingerprint density at radius 3 is 2.00 bits per heavy atom. The third kappa shape index (κ3) is 3.57. The molecule has 0 saturated carbocycles. The number of esters is 1. The number of hydrogen-bond acceptors (Lipinski definition) is 2. The predicted octanol–water partition coefficient (Wildman–Crippen LogP) is 4.34. The smallest absolute Gasteiger partial charge is 0.417 e. The van der Waals surface area contributed by atoms with Gasteiger partial charge in [-0.05, 0) is 18.2 Å². The zero-order chi connectivity index (χ0) is 16.5. The van der Waals surface area contributed by atoms with Crippen molar-refractivity contribution in [2.45, 2.75) is 6.18 Å². The molecule has 0 amide bonds. The lowest BCUT2D eigenvalue weighted by Crippen LogP contribution is -2.17. The van der Waals surface area contributed by atoms with Crippen LogP contribution in [0, 0.1) is 17.5 Å². The van der Waals surface area contributed by atoms with Gasteiger partial charge in [0.1, 0.15) is 23.2 Å². The van der Waals surface area contributed by atoms with E-state index in [0.29, 0.717) is 30.3 Å². The summed E-state index contributed by atoms with van der Waals surface area (Å²) in [5.74, 6) is -5.46. The van der Waals surface area contributed by atoms with Crippen molar-refractivity contribution in [2.75, 3.05) is 0 Å². The van der Waals surface area contributed by atoms with Gasteiger partial charge in [-0.3, -0.25) is 0 Å². The van der Waals surface area contributed by atoms with Gasteiger partial charge in [-0.2, -0.15) is 13.2 Å². The van der Waals surface area contributed by atoms with Crippen molar-refractivity contribution < 1.29 is 35.9 Å². The summed E-state index contributed by atoms with van der Waals surface area (Å²) in [6, 6.07) is 3.09. The number of ether oxygens (including phenoxy) is 1. The van der Waals surface area contributed by atoms with Crippen LogP contribution in [-0.2, 0) is 6.18 Å². The molecule has 0 bridgehead atoms. The Morgan fingerprint density at radius 1 is 0.864 bits per heavy atom. The quantitative estimate of drug-likeness (QED) is 0.467. The molecule has 8 heteroatoms. The minimum Gasteiger partial charge on any atom is -0.423 e. The second-order valence-corrected chi connectivity index (χ2v) is 4.18. The van der Waals surface area contributed by atoms with E-state index in [0.717, 1.165) is 0 Å². The maximum Gasteiger partial charge on any atom is 0.417 e. The molecule has 0 aliphatic rings. The molecule has 0 spiro atoms. The highest BCUT2D eigenvalue weighted by atomic mass is 19.4. The van der Waals surface area contributed by atoms with Gasteiger partial charge in [0, 0.05) is 18.2 Å². The van der Waals surface area contributed by atoms with Crippen molar-refractivity contribution in [3.05, 3.63) is 65.0 Å². The molecule has 0 fully saturated rings. The van der Waals surface area contributed by atoms with Crippen LogP contribution < -0.4 is 4.74 Å². The molecular formula is C14H6F6O2. The SMILES string of the molecule is O=C(Oc1cc(F)cc(F)c1)c1ccc(F)cc1C(F)(F)F. The first kappa shape index (κ1) is 15.9. The summed E-state index contributed by atoms with van der Waals surface area (Å²) in [5, 5.41) is 0. The summed E-state index contributed by atoms with van der Waals surface area (Å²) in [6.07, 6.45) is -5.00. The van der Waals surface area contributed by atoms with Gasteiger partial charge in [-0.1, -0.05) is 0 Å². The third-order valence-electron chi connectivity index (χ3n) is 2.55. The van der Waals surface area contributed by atoms with E-state index < -0.39 is 46.5 Å². The average molecular weight is 320 g/mol. The normalized spacial score (nSPS) is 11.4. The minimum absolute atomic E-state index is 0.128. The highest BCUT2D eigenvalue weighted by Crippen LogP contribution is 2.33. The fourth-order valence-corrected chi connectivity index (χ4v) is 1.68. The molecule has 22 heavy (non-hydrogen) atoms. The monoisotopic (exact) mass is 320 g/mol. The number of halogens is 6. The van der Waals surface area contributed by atoms with E-state index in [9.17, 15) is 31.1 Å². The maximum atomic E-state index is 12.9. The molecule has 0 unspecified atom stereocenters. The van der Waals surface area contributed by atoms with Gasteiger partial charge in [0.25, 0.3) is 0 Å². The van der Waals surface area contributed by atoms with Crippen molar-refractivity contribution in [1.29, 1.82) is 0 Å². The zero-order valence-corrected chi connectivity index (χ0v) is 10.5. The number of carbonyl (C=O) groups is 1. The fourth-order valence-electron chi connectivity index (χ4n) is 1.68. The van der Waals surface area contributed by atoms with E-state index in [1.807, 2.05) is 0 Å². The molecule has 0 aliphatic carbocycles. The van der Waals surface area contributed by atoms with Crippen molar-refractivity contribution >= 4 is 5.97 Å². The molecule has 116 valence electrons. The largest absolute Gasteiger partial charge is 0.423 e. The van der Waals surface area contributed by atoms with Crippen molar-refractivity contribution in [3.63, 3.8) is 0 Å². The van der Waals surface area contributed by atoms with Gasteiger partial charge in [-0.25, -0.2) is 18.0 Å². The van der Waals surface area contributed by atoms with Gasteiger partial charge in [0.05, 0.1) is 11.1 Å². The number of alkyl halides is 3. The van der Waals surface area contributed by atoms with Crippen LogP contribution in [0.4, 0.5) is 26.3 Å². The van der Waals surface area contributed by atoms with Crippen LogP contribution in [0.3, 0.4) is 0 Å². The molecule has 0 aromatic heterocycles. The lowest BCUT2D eigenvalue weighted by Gasteiger charge is -2.12. The van der Waals surface area contributed by atoms with E-state index in [2.05, 4.69) is 4.74 Å². The fraction of sp³-hybridized carbons (Fsp3) is 0.0714. The highest BCUT2D eigenvalue weighted by Gasteiger charge is 2.36. The lowest BCUT2D eigenvalue weighted by atomic mass is 10.1. The summed E-state index contributed by atoms with van der Waals surface area (Å²) in [7, 11) is 0. The van der Waals surface area contributed by atoms with Crippen LogP contribution in [0.2, 0.25) is 0 Å². The first-order chi connectivity index (χ1) is 10.2. The predicted molar refractivity (Wildman–Crippen MR) is 62.7 cm³/mol. The van der Waals surface area contributed by atoms with Crippen molar-refractivity contribution in [3.8, 4) is 5.75 Å². The summed E-state index contributed by atoms with van der Waals surface area (Å²) in [5.41, 5.74) is -2.52. The minimum atomic E-state index is -5.00. The third-order valence-corrected chi connectivity index (χ3v) is 2.55. The number of carbonyl (C=O) groups excluding carboxylic acids is 1. The standard InChI is InChI=1S/C14H6F6O2/c15-7-1-2-11(12(6-7)14(18,19)20)13(21)22-10-4-8(16)3-9(17)5-10/h1-6H. The summed E-state index contributed by atoms with van der Waals surface area (Å²) in [6.45, 7) is 0. The summed E-state index contributed by atoms with van der Waals surface area (Å²) < 4.78 is 81.6. The van der Waals surface area contributed by atoms with Gasteiger partial charge in [0.15, 0.2) is 0 Å². The molecule has 2 aromatic carbocycles. The molecular weight excluding hydrogens is 314 g/mol. The topological polar surface area (TPSA) is 26.3 Å².